The highest BCUT2D eigenvalue weighted by atomic mass is 16.2. The van der Waals surface area contributed by atoms with Crippen LogP contribution in [0.5, 0.6) is 0 Å². The summed E-state index contributed by atoms with van der Waals surface area (Å²) in [5.41, 5.74) is 0. The van der Waals surface area contributed by atoms with Gasteiger partial charge in [0.15, 0.2) is 0 Å². The number of aliphatic hydroxyl groups excluding tert-OH is 1. The number of nitrogens with one attached hydrogen (secondary N) is 1. The Labute approximate surface area is 121 Å². The average Bonchev–Trinajstić information content (AvgIpc) is 2.34. The minimum atomic E-state index is 0.344. The zero-order valence-corrected chi connectivity index (χ0v) is 13.8. The van der Waals surface area contributed by atoms with E-state index in [0.29, 0.717) is 6.61 Å². The van der Waals surface area contributed by atoms with Crippen LogP contribution < -0.4 is 5.32 Å². The summed E-state index contributed by atoms with van der Waals surface area (Å²) >= 11 is 0. The normalized spacial score (nSPS) is 24.3. The molecule has 0 saturated heterocycles. The van der Waals surface area contributed by atoms with E-state index in [2.05, 4.69) is 33.1 Å². The summed E-state index contributed by atoms with van der Waals surface area (Å²) in [6.45, 7) is 7.10. The van der Waals surface area contributed by atoms with Crippen molar-refractivity contribution in [2.75, 3.05) is 13.7 Å². The van der Waals surface area contributed by atoms with Crippen molar-refractivity contribution in [2.24, 2.45) is 11.8 Å². The predicted molar refractivity (Wildman–Crippen MR) is 85.5 cm³/mol. The van der Waals surface area contributed by atoms with Crippen LogP contribution in [-0.2, 0) is 0 Å². The Morgan fingerprint density at radius 3 is 2.16 bits per heavy atom. The lowest BCUT2D eigenvalue weighted by atomic mass is 9.82. The van der Waals surface area contributed by atoms with Crippen molar-refractivity contribution in [2.45, 2.75) is 84.6 Å². The first kappa shape index (κ1) is 18.9. The number of hydrogen-bond acceptors (Lipinski definition) is 2. The molecule has 0 aliphatic heterocycles. The molecule has 0 aromatic rings. The minimum absolute atomic E-state index is 0.344. The molecule has 0 radical (unpaired) electrons. The predicted octanol–water partition coefficient (Wildman–Crippen LogP) is 4.37. The SMILES string of the molecule is CCCCO.CNC1CCCCCCC1CC(C)C. The van der Waals surface area contributed by atoms with Gasteiger partial charge >= 0.3 is 0 Å². The first-order valence-electron chi connectivity index (χ1n) is 8.43. The van der Waals surface area contributed by atoms with Crippen LogP contribution in [0.2, 0.25) is 0 Å². The summed E-state index contributed by atoms with van der Waals surface area (Å²) in [5.74, 6) is 1.79. The summed E-state index contributed by atoms with van der Waals surface area (Å²) in [6, 6.07) is 0.790. The summed E-state index contributed by atoms with van der Waals surface area (Å²) in [6.07, 6.45) is 12.1. The topological polar surface area (TPSA) is 32.3 Å². The molecule has 1 aliphatic carbocycles. The van der Waals surface area contributed by atoms with E-state index in [-0.39, 0.29) is 0 Å². The lowest BCUT2D eigenvalue weighted by Crippen LogP contribution is -2.35. The molecule has 0 aromatic heterocycles. The average molecular weight is 271 g/mol. The molecule has 1 saturated carbocycles. The highest BCUT2D eigenvalue weighted by molar-refractivity contribution is 4.78. The van der Waals surface area contributed by atoms with Crippen LogP contribution >= 0.6 is 0 Å². The third-order valence-electron chi connectivity index (χ3n) is 4.07. The van der Waals surface area contributed by atoms with Crippen LogP contribution in [0.4, 0.5) is 0 Å². The van der Waals surface area contributed by atoms with Crippen molar-refractivity contribution in [3.63, 3.8) is 0 Å². The van der Waals surface area contributed by atoms with Gasteiger partial charge in [0.05, 0.1) is 0 Å². The van der Waals surface area contributed by atoms with Gasteiger partial charge in [-0.15, -0.1) is 0 Å². The molecule has 0 spiro atoms. The first-order valence-corrected chi connectivity index (χ1v) is 8.43. The summed E-state index contributed by atoms with van der Waals surface area (Å²) in [7, 11) is 2.14. The second kappa shape index (κ2) is 12.9. The molecule has 1 rings (SSSR count). The Kier molecular flexibility index (Phi) is 12.9. The van der Waals surface area contributed by atoms with Crippen molar-refractivity contribution in [1.82, 2.24) is 5.32 Å². The molecule has 1 fully saturated rings. The maximum Gasteiger partial charge on any atom is 0.0430 e. The first-order chi connectivity index (χ1) is 9.15. The largest absolute Gasteiger partial charge is 0.396 e. The fourth-order valence-corrected chi connectivity index (χ4v) is 2.99. The van der Waals surface area contributed by atoms with Gasteiger partial charge in [0.25, 0.3) is 0 Å². The standard InChI is InChI=1S/C13H27N.C4H10O/c1-11(2)10-12-8-6-4-5-7-9-13(12)14-3;1-2-3-4-5/h11-14H,4-10H2,1-3H3;5H,2-4H2,1H3. The van der Waals surface area contributed by atoms with E-state index in [0.717, 1.165) is 30.7 Å². The quantitative estimate of drug-likeness (QED) is 0.778. The number of unbranched alkanes of at least 4 members (excludes halogenated alkanes) is 1. The van der Waals surface area contributed by atoms with E-state index >= 15 is 0 Å². The zero-order valence-electron chi connectivity index (χ0n) is 13.8. The van der Waals surface area contributed by atoms with Gasteiger partial charge < -0.3 is 10.4 Å². The van der Waals surface area contributed by atoms with E-state index in [1.165, 1.54) is 44.9 Å². The van der Waals surface area contributed by atoms with Crippen LogP contribution in [0.15, 0.2) is 0 Å². The van der Waals surface area contributed by atoms with Crippen LogP contribution in [0.25, 0.3) is 0 Å². The van der Waals surface area contributed by atoms with Crippen LogP contribution in [0, 0.1) is 11.8 Å². The number of rotatable bonds is 5. The van der Waals surface area contributed by atoms with Gasteiger partial charge in [0.2, 0.25) is 0 Å². The van der Waals surface area contributed by atoms with Gasteiger partial charge in [0, 0.05) is 12.6 Å². The molecule has 2 N–H and O–H groups in total. The van der Waals surface area contributed by atoms with Gasteiger partial charge in [0.1, 0.15) is 0 Å². The number of aliphatic hydroxyl groups is 1. The summed E-state index contributed by atoms with van der Waals surface area (Å²) < 4.78 is 0. The molecule has 0 aromatic carbocycles. The van der Waals surface area contributed by atoms with Crippen molar-refractivity contribution in [1.29, 1.82) is 0 Å². The zero-order chi connectivity index (χ0) is 14.5. The highest BCUT2D eigenvalue weighted by Crippen LogP contribution is 2.27. The van der Waals surface area contributed by atoms with Gasteiger partial charge in [-0.05, 0) is 44.6 Å². The fourth-order valence-electron chi connectivity index (χ4n) is 2.99. The second-order valence-corrected chi connectivity index (χ2v) is 6.35. The van der Waals surface area contributed by atoms with Crippen LogP contribution in [-0.4, -0.2) is 24.8 Å². The van der Waals surface area contributed by atoms with Crippen molar-refractivity contribution >= 4 is 0 Å². The van der Waals surface area contributed by atoms with Crippen LogP contribution in [0.3, 0.4) is 0 Å². The molecular weight excluding hydrogens is 234 g/mol. The van der Waals surface area contributed by atoms with Gasteiger partial charge in [-0.25, -0.2) is 0 Å². The molecule has 2 atom stereocenters. The maximum atomic E-state index is 8.07. The lowest BCUT2D eigenvalue weighted by Gasteiger charge is -2.30. The molecule has 0 heterocycles. The molecule has 0 amide bonds. The smallest absolute Gasteiger partial charge is 0.0430 e. The van der Waals surface area contributed by atoms with E-state index in [4.69, 9.17) is 5.11 Å². The molecule has 0 bridgehead atoms. The molecule has 2 nitrogen and oxygen atoms in total. The molecular formula is C17H37NO. The van der Waals surface area contributed by atoms with Gasteiger partial charge in [-0.3, -0.25) is 0 Å². The molecule has 116 valence electrons. The Balaban J connectivity index is 0.000000555. The van der Waals surface area contributed by atoms with Crippen molar-refractivity contribution in [3.05, 3.63) is 0 Å². The van der Waals surface area contributed by atoms with Gasteiger partial charge in [-0.1, -0.05) is 52.9 Å². The lowest BCUT2D eigenvalue weighted by molar-refractivity contribution is 0.258. The minimum Gasteiger partial charge on any atom is -0.396 e. The van der Waals surface area contributed by atoms with Crippen molar-refractivity contribution < 1.29 is 5.11 Å². The maximum absolute atomic E-state index is 8.07. The monoisotopic (exact) mass is 271 g/mol. The second-order valence-electron chi connectivity index (χ2n) is 6.35. The Hall–Kier alpha value is -0.0800. The third-order valence-corrected chi connectivity index (χ3v) is 4.07. The van der Waals surface area contributed by atoms with E-state index < -0.39 is 0 Å². The summed E-state index contributed by atoms with van der Waals surface area (Å²) in [5, 5.41) is 11.6. The molecule has 2 heteroatoms. The Bertz CT molecular complexity index is 180. The third kappa shape index (κ3) is 10.4. The Morgan fingerprint density at radius 2 is 1.74 bits per heavy atom. The molecule has 1 aliphatic rings. The van der Waals surface area contributed by atoms with E-state index in [1.807, 2.05) is 0 Å². The van der Waals surface area contributed by atoms with Gasteiger partial charge in [-0.2, -0.15) is 0 Å². The molecule has 2 unspecified atom stereocenters. The highest BCUT2D eigenvalue weighted by Gasteiger charge is 2.21. The molecule has 19 heavy (non-hydrogen) atoms. The Morgan fingerprint density at radius 1 is 1.11 bits per heavy atom. The van der Waals surface area contributed by atoms with Crippen molar-refractivity contribution in [3.8, 4) is 0 Å². The summed E-state index contributed by atoms with van der Waals surface area (Å²) in [4.78, 5) is 0. The van der Waals surface area contributed by atoms with E-state index in [9.17, 15) is 0 Å². The van der Waals surface area contributed by atoms with E-state index in [1.54, 1.807) is 0 Å². The number of hydrogen-bond donors (Lipinski definition) is 2. The fraction of sp³-hybridized carbons (Fsp3) is 1.00. The van der Waals surface area contributed by atoms with Crippen LogP contribution in [0.1, 0.15) is 78.6 Å².